The van der Waals surface area contributed by atoms with Crippen LogP contribution in [0.15, 0.2) is 42.5 Å². The van der Waals surface area contributed by atoms with Gasteiger partial charge in [-0.15, -0.1) is 0 Å². The molecule has 0 amide bonds. The monoisotopic (exact) mass is 282 g/mol. The number of benzene rings is 2. The molecule has 0 aliphatic rings. The zero-order valence-corrected chi connectivity index (χ0v) is 11.1. The fourth-order valence-electron chi connectivity index (χ4n) is 1.49. The molecule has 94 valence electrons. The van der Waals surface area contributed by atoms with E-state index in [0.29, 0.717) is 16.7 Å². The summed E-state index contributed by atoms with van der Waals surface area (Å²) in [7, 11) is 0. The van der Waals surface area contributed by atoms with E-state index in [2.05, 4.69) is 0 Å². The van der Waals surface area contributed by atoms with Gasteiger partial charge in [0.2, 0.25) is 0 Å². The van der Waals surface area contributed by atoms with Crippen molar-refractivity contribution in [3.05, 3.63) is 63.6 Å². The molecule has 4 heteroatoms. The minimum absolute atomic E-state index is 0.0348. The predicted octanol–water partition coefficient (Wildman–Crippen LogP) is 4.06. The first-order valence-electron chi connectivity index (χ1n) is 5.45. The molecule has 0 aliphatic heterocycles. The van der Waals surface area contributed by atoms with Crippen LogP contribution in [-0.4, -0.2) is 5.11 Å². The largest absolute Gasteiger partial charge is 0.489 e. The zero-order chi connectivity index (χ0) is 13.0. The van der Waals surface area contributed by atoms with E-state index in [1.54, 1.807) is 12.1 Å². The Bertz CT molecular complexity index is 524. The van der Waals surface area contributed by atoms with Crippen LogP contribution in [0.5, 0.6) is 5.75 Å². The van der Waals surface area contributed by atoms with Gasteiger partial charge in [-0.25, -0.2) is 0 Å². The maximum Gasteiger partial charge on any atom is 0.119 e. The standard InChI is InChI=1S/C14H12Cl2O2/c15-13-6-3-11(7-14(13)16)9-18-12-4-1-10(8-17)2-5-12/h1-7,17H,8-9H2. The van der Waals surface area contributed by atoms with E-state index >= 15 is 0 Å². The Morgan fingerprint density at radius 2 is 1.56 bits per heavy atom. The minimum Gasteiger partial charge on any atom is -0.489 e. The van der Waals surface area contributed by atoms with Gasteiger partial charge in [0, 0.05) is 0 Å². The van der Waals surface area contributed by atoms with Crippen LogP contribution in [0.4, 0.5) is 0 Å². The molecule has 2 aromatic rings. The highest BCUT2D eigenvalue weighted by Crippen LogP contribution is 2.23. The third-order valence-electron chi connectivity index (χ3n) is 2.50. The first-order valence-corrected chi connectivity index (χ1v) is 6.21. The lowest BCUT2D eigenvalue weighted by atomic mass is 10.2. The summed E-state index contributed by atoms with van der Waals surface area (Å²) in [5.41, 5.74) is 1.81. The van der Waals surface area contributed by atoms with Gasteiger partial charge in [-0.05, 0) is 35.4 Å². The van der Waals surface area contributed by atoms with Crippen LogP contribution in [0.3, 0.4) is 0 Å². The summed E-state index contributed by atoms with van der Waals surface area (Å²) >= 11 is 11.8. The molecule has 0 unspecified atom stereocenters. The van der Waals surface area contributed by atoms with Crippen molar-refractivity contribution < 1.29 is 9.84 Å². The van der Waals surface area contributed by atoms with Crippen LogP contribution in [0.2, 0.25) is 10.0 Å². The smallest absolute Gasteiger partial charge is 0.119 e. The van der Waals surface area contributed by atoms with Gasteiger partial charge in [-0.2, -0.15) is 0 Å². The lowest BCUT2D eigenvalue weighted by molar-refractivity contribution is 0.280. The summed E-state index contributed by atoms with van der Waals surface area (Å²) in [5, 5.41) is 9.98. The second kappa shape index (κ2) is 6.10. The lowest BCUT2D eigenvalue weighted by Crippen LogP contribution is -1.95. The first kappa shape index (κ1) is 13.2. The maximum absolute atomic E-state index is 8.92. The molecule has 2 nitrogen and oxygen atoms in total. The molecule has 0 saturated heterocycles. The van der Waals surface area contributed by atoms with E-state index in [9.17, 15) is 0 Å². The summed E-state index contributed by atoms with van der Waals surface area (Å²) in [4.78, 5) is 0. The normalized spacial score (nSPS) is 10.4. The van der Waals surface area contributed by atoms with Crippen LogP contribution < -0.4 is 4.74 Å². The number of hydrogen-bond donors (Lipinski definition) is 1. The van der Waals surface area contributed by atoms with Crippen LogP contribution in [0.1, 0.15) is 11.1 Å². The Morgan fingerprint density at radius 1 is 0.889 bits per heavy atom. The van der Waals surface area contributed by atoms with Gasteiger partial charge < -0.3 is 9.84 Å². The van der Waals surface area contributed by atoms with Crippen molar-refractivity contribution in [2.24, 2.45) is 0 Å². The Morgan fingerprint density at radius 3 is 2.17 bits per heavy atom. The minimum atomic E-state index is 0.0348. The van der Waals surface area contributed by atoms with Gasteiger partial charge in [-0.3, -0.25) is 0 Å². The van der Waals surface area contributed by atoms with E-state index in [4.69, 9.17) is 33.0 Å². The summed E-state index contributed by atoms with van der Waals surface area (Å²) < 4.78 is 5.60. The molecule has 0 aromatic heterocycles. The first-order chi connectivity index (χ1) is 8.69. The number of halogens is 2. The summed E-state index contributed by atoms with van der Waals surface area (Å²) in [6.07, 6.45) is 0. The van der Waals surface area contributed by atoms with Crippen molar-refractivity contribution in [3.63, 3.8) is 0 Å². The molecule has 0 aliphatic carbocycles. The topological polar surface area (TPSA) is 29.5 Å². The number of rotatable bonds is 4. The number of ether oxygens (including phenoxy) is 1. The van der Waals surface area contributed by atoms with Crippen molar-refractivity contribution >= 4 is 23.2 Å². The summed E-state index contributed by atoms with van der Waals surface area (Å²) in [6, 6.07) is 12.7. The van der Waals surface area contributed by atoms with E-state index in [1.165, 1.54) is 0 Å². The Kier molecular flexibility index (Phi) is 4.48. The predicted molar refractivity (Wildman–Crippen MR) is 73.2 cm³/mol. The van der Waals surface area contributed by atoms with Gasteiger partial charge in [-0.1, -0.05) is 41.4 Å². The number of aliphatic hydroxyl groups is 1. The number of hydrogen-bond acceptors (Lipinski definition) is 2. The van der Waals surface area contributed by atoms with Crippen molar-refractivity contribution in [1.29, 1.82) is 0 Å². The quantitative estimate of drug-likeness (QED) is 0.916. The Balaban J connectivity index is 1.99. The van der Waals surface area contributed by atoms with Crippen molar-refractivity contribution in [2.75, 3.05) is 0 Å². The maximum atomic E-state index is 8.92. The molecule has 1 N–H and O–H groups in total. The second-order valence-electron chi connectivity index (χ2n) is 3.84. The molecule has 0 bridgehead atoms. The van der Waals surface area contributed by atoms with E-state index < -0.39 is 0 Å². The molecule has 0 atom stereocenters. The van der Waals surface area contributed by atoms with Crippen molar-refractivity contribution in [1.82, 2.24) is 0 Å². The highest BCUT2D eigenvalue weighted by molar-refractivity contribution is 6.42. The average Bonchev–Trinajstić information content (AvgIpc) is 2.41. The van der Waals surface area contributed by atoms with Gasteiger partial charge >= 0.3 is 0 Å². The van der Waals surface area contributed by atoms with Crippen molar-refractivity contribution in [3.8, 4) is 5.75 Å². The molecular weight excluding hydrogens is 271 g/mol. The van der Waals surface area contributed by atoms with E-state index in [-0.39, 0.29) is 6.61 Å². The van der Waals surface area contributed by atoms with Crippen LogP contribution in [-0.2, 0) is 13.2 Å². The van der Waals surface area contributed by atoms with Crippen molar-refractivity contribution in [2.45, 2.75) is 13.2 Å². The zero-order valence-electron chi connectivity index (χ0n) is 9.57. The molecule has 2 rings (SSSR count). The SMILES string of the molecule is OCc1ccc(OCc2ccc(Cl)c(Cl)c2)cc1. The van der Waals surface area contributed by atoms with Crippen LogP contribution >= 0.6 is 23.2 Å². The summed E-state index contributed by atoms with van der Waals surface area (Å²) in [6.45, 7) is 0.461. The molecule has 0 saturated carbocycles. The van der Waals surface area contributed by atoms with Crippen LogP contribution in [0, 0.1) is 0 Å². The molecule has 18 heavy (non-hydrogen) atoms. The van der Waals surface area contributed by atoms with Crippen LogP contribution in [0.25, 0.3) is 0 Å². The molecule has 0 heterocycles. The fraction of sp³-hybridized carbons (Fsp3) is 0.143. The highest BCUT2D eigenvalue weighted by Gasteiger charge is 2.01. The second-order valence-corrected chi connectivity index (χ2v) is 4.65. The van der Waals surface area contributed by atoms with Gasteiger partial charge in [0.15, 0.2) is 0 Å². The van der Waals surface area contributed by atoms with Gasteiger partial charge in [0.05, 0.1) is 16.7 Å². The molecule has 0 radical (unpaired) electrons. The molecular formula is C14H12Cl2O2. The van der Waals surface area contributed by atoms with E-state index in [0.717, 1.165) is 16.9 Å². The van der Waals surface area contributed by atoms with Gasteiger partial charge in [0.1, 0.15) is 12.4 Å². The molecule has 0 spiro atoms. The average molecular weight is 283 g/mol. The molecule has 2 aromatic carbocycles. The summed E-state index contributed by atoms with van der Waals surface area (Å²) in [5.74, 6) is 0.748. The fourth-order valence-corrected chi connectivity index (χ4v) is 1.81. The third-order valence-corrected chi connectivity index (χ3v) is 3.23. The Labute approximate surface area is 116 Å². The number of aliphatic hydroxyl groups excluding tert-OH is 1. The molecule has 0 fully saturated rings. The highest BCUT2D eigenvalue weighted by atomic mass is 35.5. The lowest BCUT2D eigenvalue weighted by Gasteiger charge is -2.07. The Hall–Kier alpha value is -1.22. The van der Waals surface area contributed by atoms with E-state index in [1.807, 2.05) is 30.3 Å². The van der Waals surface area contributed by atoms with Gasteiger partial charge in [0.25, 0.3) is 0 Å². The third kappa shape index (κ3) is 3.39.